The van der Waals surface area contributed by atoms with E-state index >= 15 is 0 Å². The molecule has 0 spiro atoms. The van der Waals surface area contributed by atoms with Crippen LogP contribution < -0.4 is 10.5 Å². The minimum atomic E-state index is -1.42. The Morgan fingerprint density at radius 1 is 1.03 bits per heavy atom. The number of amides is 1. The van der Waals surface area contributed by atoms with Crippen molar-refractivity contribution in [1.29, 1.82) is 0 Å². The summed E-state index contributed by atoms with van der Waals surface area (Å²) >= 11 is 0. The number of benzene rings is 3. The van der Waals surface area contributed by atoms with E-state index in [0.29, 0.717) is 18.7 Å². The van der Waals surface area contributed by atoms with E-state index in [9.17, 15) is 19.5 Å². The molecular formula is C27H20N4O4. The van der Waals surface area contributed by atoms with E-state index in [4.69, 9.17) is 4.99 Å². The summed E-state index contributed by atoms with van der Waals surface area (Å²) in [6.07, 6.45) is -0.749. The van der Waals surface area contributed by atoms with E-state index in [1.54, 1.807) is 29.2 Å². The van der Waals surface area contributed by atoms with Gasteiger partial charge in [-0.1, -0.05) is 54.1 Å². The number of hydrogen-bond acceptors (Lipinski definition) is 5. The van der Waals surface area contributed by atoms with Crippen LogP contribution in [0.4, 0.5) is 5.69 Å². The van der Waals surface area contributed by atoms with Crippen LogP contribution in [0, 0.1) is 6.92 Å². The quantitative estimate of drug-likeness (QED) is 0.501. The predicted octanol–water partition coefficient (Wildman–Crippen LogP) is 3.34. The molecule has 1 amide bonds. The Labute approximate surface area is 199 Å². The zero-order valence-electron chi connectivity index (χ0n) is 18.8. The summed E-state index contributed by atoms with van der Waals surface area (Å²) in [4.78, 5) is 50.4. The van der Waals surface area contributed by atoms with Crippen LogP contribution >= 0.6 is 0 Å². The number of anilines is 1. The lowest BCUT2D eigenvalue weighted by Crippen LogP contribution is -2.41. The molecule has 1 unspecified atom stereocenters. The number of carboxylic acid groups (broad SMARTS) is 1. The molecule has 0 bridgehead atoms. The molecule has 8 nitrogen and oxygen atoms in total. The van der Waals surface area contributed by atoms with Gasteiger partial charge in [-0.05, 0) is 37.1 Å². The largest absolute Gasteiger partial charge is 0.475 e. The van der Waals surface area contributed by atoms with Crippen molar-refractivity contribution in [3.8, 4) is 0 Å². The summed E-state index contributed by atoms with van der Waals surface area (Å²) in [5.41, 5.74) is 4.55. The number of aromatic nitrogens is 2. The zero-order valence-corrected chi connectivity index (χ0v) is 18.8. The van der Waals surface area contributed by atoms with Crippen molar-refractivity contribution in [1.82, 2.24) is 9.55 Å². The zero-order chi connectivity index (χ0) is 24.3. The van der Waals surface area contributed by atoms with Crippen LogP contribution in [0.15, 0.2) is 76.5 Å². The summed E-state index contributed by atoms with van der Waals surface area (Å²) in [6.45, 7) is 2.42. The molecule has 1 atom stereocenters. The molecule has 1 N–H and O–H groups in total. The Morgan fingerprint density at radius 2 is 1.77 bits per heavy atom. The minimum absolute atomic E-state index is 0.224. The predicted molar refractivity (Wildman–Crippen MR) is 131 cm³/mol. The van der Waals surface area contributed by atoms with Gasteiger partial charge in [0.05, 0.1) is 22.3 Å². The second-order valence-corrected chi connectivity index (χ2v) is 8.71. The van der Waals surface area contributed by atoms with E-state index in [1.165, 1.54) is 0 Å². The van der Waals surface area contributed by atoms with Crippen LogP contribution in [0.25, 0.3) is 10.9 Å². The first-order chi connectivity index (χ1) is 16.9. The summed E-state index contributed by atoms with van der Waals surface area (Å²) in [5, 5.41) is 10.2. The molecule has 8 heteroatoms. The van der Waals surface area contributed by atoms with Crippen LogP contribution in [0.5, 0.6) is 0 Å². The highest BCUT2D eigenvalue weighted by Crippen LogP contribution is 2.39. The number of hydrogen-bond donors (Lipinski definition) is 1. The highest BCUT2D eigenvalue weighted by Gasteiger charge is 2.39. The van der Waals surface area contributed by atoms with Crippen molar-refractivity contribution in [3.63, 3.8) is 0 Å². The van der Waals surface area contributed by atoms with Gasteiger partial charge >= 0.3 is 5.97 Å². The van der Waals surface area contributed by atoms with Gasteiger partial charge in [0.25, 0.3) is 11.5 Å². The Kier molecular flexibility index (Phi) is 4.63. The average molecular weight is 464 g/mol. The van der Waals surface area contributed by atoms with Crippen LogP contribution in [-0.4, -0.2) is 38.8 Å². The molecule has 172 valence electrons. The van der Waals surface area contributed by atoms with Gasteiger partial charge in [-0.25, -0.2) is 14.8 Å². The van der Waals surface area contributed by atoms with E-state index < -0.39 is 29.4 Å². The van der Waals surface area contributed by atoms with Crippen molar-refractivity contribution in [3.05, 3.63) is 105 Å². The summed E-state index contributed by atoms with van der Waals surface area (Å²) in [7, 11) is 0. The van der Waals surface area contributed by atoms with Gasteiger partial charge in [-0.2, -0.15) is 0 Å². The van der Waals surface area contributed by atoms with Gasteiger partial charge in [-0.15, -0.1) is 0 Å². The molecule has 1 aromatic heterocycles. The first kappa shape index (κ1) is 21.0. The summed E-state index contributed by atoms with van der Waals surface area (Å²) in [6, 6.07) is 20.0. The maximum Gasteiger partial charge on any atom is 0.372 e. The lowest BCUT2D eigenvalue weighted by molar-refractivity contribution is -0.121. The molecular weight excluding hydrogens is 444 g/mol. The molecule has 3 aromatic carbocycles. The normalized spacial score (nSPS) is 16.7. The number of aromatic carboxylic acids is 1. The second kappa shape index (κ2) is 7.73. The smallest absolute Gasteiger partial charge is 0.372 e. The number of rotatable bonds is 3. The number of para-hydroxylation sites is 1. The van der Waals surface area contributed by atoms with Crippen LogP contribution in [0.3, 0.4) is 0 Å². The van der Waals surface area contributed by atoms with Crippen molar-refractivity contribution >= 4 is 34.2 Å². The van der Waals surface area contributed by atoms with Gasteiger partial charge in [0.2, 0.25) is 12.0 Å². The first-order valence-electron chi connectivity index (χ1n) is 11.3. The van der Waals surface area contributed by atoms with Crippen LogP contribution in [0.2, 0.25) is 0 Å². The molecule has 0 fully saturated rings. The molecule has 0 aliphatic carbocycles. The van der Waals surface area contributed by atoms with Gasteiger partial charge in [-0.3, -0.25) is 14.2 Å². The fraction of sp³-hybridized carbons (Fsp3) is 0.148. The summed E-state index contributed by atoms with van der Waals surface area (Å²) < 4.78 is 0.923. The van der Waals surface area contributed by atoms with E-state index in [1.807, 2.05) is 43.3 Å². The van der Waals surface area contributed by atoms with Gasteiger partial charge < -0.3 is 10.0 Å². The molecule has 2 aliphatic heterocycles. The Balaban J connectivity index is 1.70. The second-order valence-electron chi connectivity index (χ2n) is 8.71. The number of aliphatic imine (C=N–C) groups is 1. The van der Waals surface area contributed by atoms with E-state index in [-0.39, 0.29) is 10.9 Å². The Morgan fingerprint density at radius 3 is 2.54 bits per heavy atom. The number of carbonyl (C=O) groups is 2. The lowest BCUT2D eigenvalue weighted by atomic mass is 9.96. The topological polar surface area (TPSA) is 105 Å². The third-order valence-electron chi connectivity index (χ3n) is 6.49. The van der Waals surface area contributed by atoms with Gasteiger partial charge in [0, 0.05) is 17.7 Å². The number of fused-ring (bicyclic) bond motifs is 1. The molecule has 2 aliphatic rings. The van der Waals surface area contributed by atoms with Crippen molar-refractivity contribution < 1.29 is 14.7 Å². The molecule has 6 rings (SSSR count). The molecule has 35 heavy (non-hydrogen) atoms. The number of nitrogens with zero attached hydrogens (tertiary/aromatic N) is 4. The third kappa shape index (κ3) is 3.18. The maximum absolute atomic E-state index is 13.9. The Bertz CT molecular complexity index is 1640. The minimum Gasteiger partial charge on any atom is -0.475 e. The third-order valence-corrected chi connectivity index (χ3v) is 6.49. The molecule has 0 saturated carbocycles. The van der Waals surface area contributed by atoms with Crippen LogP contribution in [0.1, 0.15) is 39.0 Å². The average Bonchev–Trinajstić information content (AvgIpc) is 3.24. The Hall–Kier alpha value is -4.59. The molecule has 0 saturated heterocycles. The van der Waals surface area contributed by atoms with E-state index in [2.05, 4.69) is 11.1 Å². The number of carbonyl (C=O) groups excluding carboxylic acids is 1. The van der Waals surface area contributed by atoms with Crippen molar-refractivity contribution in [2.45, 2.75) is 19.5 Å². The number of aryl methyl sites for hydroxylation is 1. The summed E-state index contributed by atoms with van der Waals surface area (Å²) in [5.74, 6) is -2.39. The molecule has 0 radical (unpaired) electrons. The van der Waals surface area contributed by atoms with E-state index in [0.717, 1.165) is 32.5 Å². The highest BCUT2D eigenvalue weighted by molar-refractivity contribution is 6.20. The first-order valence-corrected chi connectivity index (χ1v) is 11.3. The van der Waals surface area contributed by atoms with Gasteiger partial charge in [0.15, 0.2) is 0 Å². The standard InChI is InChI=1S/C27H20N4O4/c1-15-13-17-11-12-30-22(17)19(14-15)21(16-7-3-2-4-8-16)29-23(26(30)33)31-24(27(34)35)28-20-10-6-5-9-18(20)25(31)32/h2-10,13-14,23H,11-12H2,1H3,(H,34,35). The van der Waals surface area contributed by atoms with Crippen molar-refractivity contribution in [2.75, 3.05) is 11.4 Å². The molecule has 3 heterocycles. The fourth-order valence-electron chi connectivity index (χ4n) is 5.01. The SMILES string of the molecule is Cc1cc2c3c(c1)C(c1ccccc1)=NC(n1c(C(=O)O)nc4ccccc4c1=O)C(=O)N3CC2. The molecule has 4 aromatic rings. The van der Waals surface area contributed by atoms with Crippen LogP contribution in [-0.2, 0) is 11.2 Å². The fourth-order valence-corrected chi connectivity index (χ4v) is 5.01. The lowest BCUT2D eigenvalue weighted by Gasteiger charge is -2.22. The maximum atomic E-state index is 13.9. The monoisotopic (exact) mass is 464 g/mol. The highest BCUT2D eigenvalue weighted by atomic mass is 16.4. The number of carboxylic acids is 1. The van der Waals surface area contributed by atoms with Gasteiger partial charge in [0.1, 0.15) is 0 Å². The van der Waals surface area contributed by atoms with Crippen molar-refractivity contribution in [2.24, 2.45) is 4.99 Å².